The van der Waals surface area contributed by atoms with Crippen LogP contribution in [0.2, 0.25) is 5.02 Å². The molecule has 0 bridgehead atoms. The number of carbonyl (C=O) groups excluding carboxylic acids is 1. The summed E-state index contributed by atoms with van der Waals surface area (Å²) in [5.41, 5.74) is 8.37. The Morgan fingerprint density at radius 3 is 2.68 bits per heavy atom. The Morgan fingerprint density at radius 1 is 1.16 bits per heavy atom. The second-order valence-electron chi connectivity index (χ2n) is 4.24. The van der Waals surface area contributed by atoms with Crippen molar-refractivity contribution in [2.75, 3.05) is 6.54 Å². The first-order chi connectivity index (χ1) is 9.16. The van der Waals surface area contributed by atoms with Crippen LogP contribution in [0.3, 0.4) is 0 Å². The third-order valence-corrected chi connectivity index (χ3v) is 3.00. The maximum absolute atomic E-state index is 10.7. The Kier molecular flexibility index (Phi) is 4.55. The number of hydrogen-bond acceptors (Lipinski definition) is 2. The molecule has 0 aromatic heterocycles. The first kappa shape index (κ1) is 13.6. The lowest BCUT2D eigenvalue weighted by atomic mass is 10.00. The van der Waals surface area contributed by atoms with Gasteiger partial charge >= 0.3 is 0 Å². The molecule has 0 aliphatic carbocycles. The Labute approximate surface area is 117 Å². The van der Waals surface area contributed by atoms with Gasteiger partial charge in [0.2, 0.25) is 5.91 Å². The van der Waals surface area contributed by atoms with E-state index < -0.39 is 0 Å². The van der Waals surface area contributed by atoms with Crippen molar-refractivity contribution < 1.29 is 4.79 Å². The summed E-state index contributed by atoms with van der Waals surface area (Å²) in [7, 11) is 0. The smallest absolute Gasteiger partial charge is 0.231 e. The van der Waals surface area contributed by atoms with Gasteiger partial charge in [-0.3, -0.25) is 4.79 Å². The molecule has 0 radical (unpaired) electrons. The van der Waals surface area contributed by atoms with Crippen LogP contribution in [0.4, 0.5) is 0 Å². The number of primary amides is 1. The van der Waals surface area contributed by atoms with Gasteiger partial charge < -0.3 is 11.1 Å². The van der Waals surface area contributed by atoms with Crippen LogP contribution >= 0.6 is 11.6 Å². The summed E-state index contributed by atoms with van der Waals surface area (Å²) >= 11 is 6.02. The minimum Gasteiger partial charge on any atom is -0.369 e. The van der Waals surface area contributed by atoms with E-state index in [0.717, 1.165) is 16.7 Å². The zero-order valence-corrected chi connectivity index (χ0v) is 11.2. The maximum Gasteiger partial charge on any atom is 0.231 e. The molecule has 0 saturated heterocycles. The van der Waals surface area contributed by atoms with Crippen LogP contribution in [0.1, 0.15) is 5.56 Å². The number of amides is 1. The number of nitrogens with two attached hydrogens (primary N) is 1. The van der Waals surface area contributed by atoms with Crippen molar-refractivity contribution in [3.8, 4) is 11.1 Å². The van der Waals surface area contributed by atoms with Gasteiger partial charge in [0, 0.05) is 11.6 Å². The van der Waals surface area contributed by atoms with Gasteiger partial charge in [0.05, 0.1) is 6.54 Å². The van der Waals surface area contributed by atoms with Gasteiger partial charge in [-0.15, -0.1) is 0 Å². The number of nitrogens with one attached hydrogen (secondary N) is 1. The van der Waals surface area contributed by atoms with Gasteiger partial charge in [0.15, 0.2) is 0 Å². The van der Waals surface area contributed by atoms with E-state index in [0.29, 0.717) is 11.6 Å². The van der Waals surface area contributed by atoms with Crippen molar-refractivity contribution in [3.05, 3.63) is 59.1 Å². The largest absolute Gasteiger partial charge is 0.369 e. The van der Waals surface area contributed by atoms with Crippen molar-refractivity contribution in [2.24, 2.45) is 5.73 Å². The third-order valence-electron chi connectivity index (χ3n) is 2.77. The fourth-order valence-electron chi connectivity index (χ4n) is 1.93. The standard InChI is InChI=1S/C15H15ClN2O/c16-13-6-3-5-11(8-13)14-7-2-1-4-12(14)9-18-10-15(17)19/h1-8,18H,9-10H2,(H2,17,19). The van der Waals surface area contributed by atoms with Crippen LogP contribution in [0.25, 0.3) is 11.1 Å². The first-order valence-electron chi connectivity index (χ1n) is 5.99. The number of carbonyl (C=O) groups is 1. The summed E-state index contributed by atoms with van der Waals surface area (Å²) in [5, 5.41) is 3.72. The van der Waals surface area contributed by atoms with E-state index in [2.05, 4.69) is 5.32 Å². The average molecular weight is 275 g/mol. The van der Waals surface area contributed by atoms with Crippen LogP contribution in [0.15, 0.2) is 48.5 Å². The molecule has 98 valence electrons. The molecule has 0 heterocycles. The van der Waals surface area contributed by atoms with Crippen LogP contribution in [0.5, 0.6) is 0 Å². The van der Waals surface area contributed by atoms with Gasteiger partial charge in [-0.1, -0.05) is 48.0 Å². The molecule has 2 aromatic carbocycles. The monoisotopic (exact) mass is 274 g/mol. The van der Waals surface area contributed by atoms with E-state index >= 15 is 0 Å². The van der Waals surface area contributed by atoms with Crippen molar-refractivity contribution in [3.63, 3.8) is 0 Å². The molecule has 0 aliphatic heterocycles. The molecular formula is C15H15ClN2O. The van der Waals surface area contributed by atoms with Gasteiger partial charge in [0.1, 0.15) is 0 Å². The summed E-state index contributed by atoms with van der Waals surface area (Å²) < 4.78 is 0. The summed E-state index contributed by atoms with van der Waals surface area (Å²) in [6.45, 7) is 0.759. The number of benzene rings is 2. The molecule has 0 unspecified atom stereocenters. The fraction of sp³-hybridized carbons (Fsp3) is 0.133. The molecule has 1 amide bonds. The number of rotatable bonds is 5. The zero-order chi connectivity index (χ0) is 13.7. The highest BCUT2D eigenvalue weighted by atomic mass is 35.5. The molecule has 0 atom stereocenters. The first-order valence-corrected chi connectivity index (χ1v) is 6.37. The fourth-order valence-corrected chi connectivity index (χ4v) is 2.12. The third kappa shape index (κ3) is 3.81. The van der Waals surface area contributed by atoms with Crippen LogP contribution in [-0.4, -0.2) is 12.5 Å². The minimum atomic E-state index is -0.361. The average Bonchev–Trinajstić information content (AvgIpc) is 2.39. The van der Waals surface area contributed by atoms with Gasteiger partial charge in [-0.25, -0.2) is 0 Å². The quantitative estimate of drug-likeness (QED) is 0.880. The van der Waals surface area contributed by atoms with E-state index in [1.807, 2.05) is 48.5 Å². The van der Waals surface area contributed by atoms with Crippen molar-refractivity contribution in [1.29, 1.82) is 0 Å². The van der Waals surface area contributed by atoms with Crippen molar-refractivity contribution in [2.45, 2.75) is 6.54 Å². The normalized spacial score (nSPS) is 10.4. The molecule has 3 nitrogen and oxygen atoms in total. The second kappa shape index (κ2) is 6.36. The SMILES string of the molecule is NC(=O)CNCc1ccccc1-c1cccc(Cl)c1. The molecule has 4 heteroatoms. The summed E-state index contributed by atoms with van der Waals surface area (Å²) in [6, 6.07) is 15.7. The zero-order valence-electron chi connectivity index (χ0n) is 10.4. The van der Waals surface area contributed by atoms with Crippen LogP contribution < -0.4 is 11.1 Å². The van der Waals surface area contributed by atoms with Gasteiger partial charge in [-0.2, -0.15) is 0 Å². The minimum absolute atomic E-state index is 0.171. The Morgan fingerprint density at radius 2 is 1.95 bits per heavy atom. The van der Waals surface area contributed by atoms with Gasteiger partial charge in [-0.05, 0) is 28.8 Å². The Balaban J connectivity index is 2.23. The predicted octanol–water partition coefficient (Wildman–Crippen LogP) is 2.58. The lowest BCUT2D eigenvalue weighted by Gasteiger charge is -2.10. The van der Waals surface area contributed by atoms with Gasteiger partial charge in [0.25, 0.3) is 0 Å². The molecular weight excluding hydrogens is 260 g/mol. The molecule has 0 aliphatic rings. The lowest BCUT2D eigenvalue weighted by Crippen LogP contribution is -2.28. The topological polar surface area (TPSA) is 55.1 Å². The molecule has 2 aromatic rings. The molecule has 0 saturated carbocycles. The molecule has 0 spiro atoms. The summed E-state index contributed by atoms with van der Waals surface area (Å²) in [4.78, 5) is 10.7. The van der Waals surface area contributed by atoms with Crippen LogP contribution in [-0.2, 0) is 11.3 Å². The van der Waals surface area contributed by atoms with E-state index in [9.17, 15) is 4.79 Å². The highest BCUT2D eigenvalue weighted by Crippen LogP contribution is 2.25. The molecule has 0 fully saturated rings. The number of hydrogen-bond donors (Lipinski definition) is 2. The van der Waals surface area contributed by atoms with E-state index in [1.165, 1.54) is 0 Å². The molecule has 3 N–H and O–H groups in total. The summed E-state index contributed by atoms with van der Waals surface area (Å²) in [6.07, 6.45) is 0. The van der Waals surface area contributed by atoms with Crippen LogP contribution in [0, 0.1) is 0 Å². The van der Waals surface area contributed by atoms with E-state index in [-0.39, 0.29) is 12.5 Å². The summed E-state index contributed by atoms with van der Waals surface area (Å²) in [5.74, 6) is -0.361. The molecule has 2 rings (SSSR count). The predicted molar refractivity (Wildman–Crippen MR) is 77.8 cm³/mol. The maximum atomic E-state index is 10.7. The van der Waals surface area contributed by atoms with Crippen molar-refractivity contribution in [1.82, 2.24) is 5.32 Å². The van der Waals surface area contributed by atoms with E-state index in [1.54, 1.807) is 0 Å². The molecule has 19 heavy (non-hydrogen) atoms. The Hall–Kier alpha value is -1.84. The lowest BCUT2D eigenvalue weighted by molar-refractivity contribution is -0.117. The number of halogens is 1. The Bertz CT molecular complexity index is 584. The van der Waals surface area contributed by atoms with Crippen molar-refractivity contribution >= 4 is 17.5 Å². The highest BCUT2D eigenvalue weighted by molar-refractivity contribution is 6.30. The van der Waals surface area contributed by atoms with E-state index in [4.69, 9.17) is 17.3 Å². The highest BCUT2D eigenvalue weighted by Gasteiger charge is 2.05. The second-order valence-corrected chi connectivity index (χ2v) is 4.67.